The Labute approximate surface area is 427 Å². The first-order valence-electron chi connectivity index (χ1n) is 23.0. The maximum absolute atomic E-state index is 15.0. The fraction of sp³-hybridized carbons (Fsp3) is 0.388. The summed E-state index contributed by atoms with van der Waals surface area (Å²) in [6, 6.07) is 25.2. The summed E-state index contributed by atoms with van der Waals surface area (Å²) in [7, 11) is 0. The van der Waals surface area contributed by atoms with Crippen LogP contribution < -0.4 is 20.4 Å². The Kier molecular flexibility index (Phi) is 23.7. The van der Waals surface area contributed by atoms with E-state index in [1.807, 2.05) is 12.1 Å². The molecule has 2 aliphatic rings. The van der Waals surface area contributed by atoms with Crippen molar-refractivity contribution >= 4 is 51.8 Å². The predicted molar refractivity (Wildman–Crippen MR) is 264 cm³/mol. The molecule has 0 unspecified atom stereocenters. The smallest absolute Gasteiger partial charge is 0.322 e. The normalized spacial score (nSPS) is 13.8. The van der Waals surface area contributed by atoms with E-state index in [-0.39, 0.29) is 71.6 Å². The van der Waals surface area contributed by atoms with Crippen LogP contribution in [0.15, 0.2) is 106 Å². The number of hydrogen-bond donors (Lipinski definition) is 2. The average Bonchev–Trinajstić information content (AvgIpc) is 3.91. The van der Waals surface area contributed by atoms with Gasteiger partial charge in [-0.1, -0.05) is 77.3 Å². The standard InChI is InChI=1S/C24H26F3N5O3.C19H16BrF3N4O2.C6H12O.ClH/c25-20-15-17(22-29-30-23(35-22)21(26)27)7-8-18(20)16-32(19-5-2-1-3-6-19)24(33)28-9-11-31-10-4-13-34-14-12-31;20-8-9-24-19(28)27(14-4-2-1-3-5-14)11-13-7-6-12(10-15(13)21)17-25-26-18(29-17)16(22)23;1-2-4-6-7-5-3-1;/h1-3,5-8,15,21H,4,9-14,16H2,(H,28,33);1-7,10,16H,8-9,11H2,(H,24,28);1-6H2;1H. The maximum atomic E-state index is 15.0. The van der Waals surface area contributed by atoms with E-state index in [1.165, 1.54) is 59.7 Å². The zero-order valence-electron chi connectivity index (χ0n) is 39.0. The molecule has 0 radical (unpaired) electrons. The molecule has 2 aliphatic heterocycles. The molecule has 4 amide bonds. The second kappa shape index (κ2) is 30.1. The molecule has 72 heavy (non-hydrogen) atoms. The highest BCUT2D eigenvalue weighted by atomic mass is 79.9. The van der Waals surface area contributed by atoms with Crippen LogP contribution in [0.25, 0.3) is 22.9 Å². The topological polar surface area (TPSA) is 164 Å². The van der Waals surface area contributed by atoms with E-state index in [9.17, 15) is 35.9 Å². The third-order valence-corrected chi connectivity index (χ3v) is 11.3. The molecule has 0 bridgehead atoms. The van der Waals surface area contributed by atoms with Crippen molar-refractivity contribution in [3.05, 3.63) is 132 Å². The van der Waals surface area contributed by atoms with Crippen molar-refractivity contribution in [3.63, 3.8) is 0 Å². The Bertz CT molecular complexity index is 2530. The van der Waals surface area contributed by atoms with Gasteiger partial charge in [0.25, 0.3) is 11.8 Å². The van der Waals surface area contributed by atoms with E-state index in [4.69, 9.17) is 18.3 Å². The van der Waals surface area contributed by atoms with E-state index in [0.717, 1.165) is 51.5 Å². The van der Waals surface area contributed by atoms with Gasteiger partial charge in [-0.25, -0.2) is 18.4 Å². The van der Waals surface area contributed by atoms with Gasteiger partial charge in [-0.15, -0.1) is 32.8 Å². The number of carbonyl (C=O) groups excluding carboxylic acids is 2. The first-order valence-corrected chi connectivity index (χ1v) is 24.1. The van der Waals surface area contributed by atoms with Gasteiger partial charge < -0.3 is 28.9 Å². The lowest BCUT2D eigenvalue weighted by Gasteiger charge is -2.25. The Morgan fingerprint density at radius 1 is 0.597 bits per heavy atom. The van der Waals surface area contributed by atoms with Crippen LogP contribution in [0.3, 0.4) is 0 Å². The molecule has 388 valence electrons. The van der Waals surface area contributed by atoms with Gasteiger partial charge in [-0.2, -0.15) is 17.6 Å². The van der Waals surface area contributed by atoms with Gasteiger partial charge >= 0.3 is 24.9 Å². The van der Waals surface area contributed by atoms with Crippen molar-refractivity contribution in [2.24, 2.45) is 0 Å². The van der Waals surface area contributed by atoms with Crippen molar-refractivity contribution in [1.29, 1.82) is 0 Å². The van der Waals surface area contributed by atoms with Crippen molar-refractivity contribution in [1.82, 2.24) is 35.9 Å². The highest BCUT2D eigenvalue weighted by molar-refractivity contribution is 9.09. The number of hydrogen-bond acceptors (Lipinski definition) is 11. The van der Waals surface area contributed by atoms with Crippen LogP contribution in [0.2, 0.25) is 0 Å². The van der Waals surface area contributed by atoms with E-state index in [0.29, 0.717) is 42.9 Å². The number of para-hydroxylation sites is 2. The highest BCUT2D eigenvalue weighted by Gasteiger charge is 2.23. The number of nitrogens with one attached hydrogen (secondary N) is 2. The van der Waals surface area contributed by atoms with Crippen LogP contribution in [-0.2, 0) is 22.6 Å². The first kappa shape index (κ1) is 56.8. The van der Waals surface area contributed by atoms with Crippen LogP contribution in [0, 0.1) is 11.6 Å². The number of ether oxygens (including phenoxy) is 2. The molecule has 4 aromatic carbocycles. The SMILES string of the molecule is C1CCCOCC1.Cl.O=C(NCCBr)N(Cc1ccc(-c2nnc(C(F)F)o2)cc1F)c1ccccc1.O=C(NCCN1CCCOCC1)N(Cc1ccc(-c2nnc(C(F)F)o2)cc1F)c1ccccc1. The zero-order valence-corrected chi connectivity index (χ0v) is 41.4. The van der Waals surface area contributed by atoms with Gasteiger partial charge in [-0.3, -0.25) is 14.7 Å². The highest BCUT2D eigenvalue weighted by Crippen LogP contribution is 2.28. The number of aromatic nitrogens is 4. The predicted octanol–water partition coefficient (Wildman–Crippen LogP) is 11.2. The lowest BCUT2D eigenvalue weighted by molar-refractivity contribution is 0.115. The summed E-state index contributed by atoms with van der Waals surface area (Å²) >= 11 is 3.24. The molecular formula is C49H55BrClF6N9O6. The molecule has 2 saturated heterocycles. The maximum Gasteiger partial charge on any atom is 0.322 e. The summed E-state index contributed by atoms with van der Waals surface area (Å²) in [5, 5.41) is 19.8. The summed E-state index contributed by atoms with van der Waals surface area (Å²) in [5.74, 6) is -3.33. The van der Waals surface area contributed by atoms with Crippen LogP contribution in [0.1, 0.15) is 67.9 Å². The van der Waals surface area contributed by atoms with E-state index in [1.54, 1.807) is 48.5 Å². The summed E-state index contributed by atoms with van der Waals surface area (Å²) < 4.78 is 101. The first-order chi connectivity index (χ1) is 34.5. The molecule has 6 aromatic rings. The average molecular weight is 1100 g/mol. The van der Waals surface area contributed by atoms with Gasteiger partial charge in [0.15, 0.2) is 0 Å². The fourth-order valence-electron chi connectivity index (χ4n) is 7.16. The third kappa shape index (κ3) is 17.6. The number of urea groups is 2. The number of alkyl halides is 5. The summed E-state index contributed by atoms with van der Waals surface area (Å²) in [5.41, 5.74) is 2.02. The monoisotopic (exact) mass is 1090 g/mol. The molecule has 0 atom stereocenters. The van der Waals surface area contributed by atoms with E-state index < -0.39 is 36.3 Å². The van der Waals surface area contributed by atoms with Crippen molar-refractivity contribution < 1.29 is 54.2 Å². The van der Waals surface area contributed by atoms with Crippen molar-refractivity contribution in [2.45, 2.75) is 58.0 Å². The van der Waals surface area contributed by atoms with Gasteiger partial charge in [0.1, 0.15) is 11.6 Å². The Hall–Kier alpha value is -6.07. The van der Waals surface area contributed by atoms with Gasteiger partial charge in [0.05, 0.1) is 19.7 Å². The van der Waals surface area contributed by atoms with E-state index >= 15 is 0 Å². The Morgan fingerprint density at radius 2 is 1.06 bits per heavy atom. The Morgan fingerprint density at radius 3 is 1.50 bits per heavy atom. The van der Waals surface area contributed by atoms with Crippen molar-refractivity contribution in [3.8, 4) is 22.9 Å². The number of halogens is 8. The number of anilines is 2. The van der Waals surface area contributed by atoms with Crippen LogP contribution in [-0.4, -0.2) is 102 Å². The number of nitrogens with zero attached hydrogens (tertiary/aromatic N) is 7. The molecule has 4 heterocycles. The molecule has 2 N–H and O–H groups in total. The minimum atomic E-state index is -2.91. The van der Waals surface area contributed by atoms with Crippen LogP contribution in [0.4, 0.5) is 47.3 Å². The molecule has 0 spiro atoms. The van der Waals surface area contributed by atoms with Gasteiger partial charge in [0, 0.05) is 91.5 Å². The lowest BCUT2D eigenvalue weighted by atomic mass is 10.1. The molecule has 0 saturated carbocycles. The number of carbonyl (C=O) groups is 2. The van der Waals surface area contributed by atoms with Gasteiger partial charge in [-0.05, 0) is 67.8 Å². The minimum Gasteiger partial charge on any atom is -0.415 e. The van der Waals surface area contributed by atoms with Crippen molar-refractivity contribution in [2.75, 3.05) is 74.3 Å². The third-order valence-electron chi connectivity index (χ3n) is 10.9. The number of benzene rings is 4. The summed E-state index contributed by atoms with van der Waals surface area (Å²) in [6.45, 7) is 6.61. The zero-order chi connectivity index (χ0) is 50.4. The largest absolute Gasteiger partial charge is 0.415 e. The quantitative estimate of drug-likeness (QED) is 0.0743. The molecule has 2 aromatic heterocycles. The van der Waals surface area contributed by atoms with Crippen LogP contribution in [0.5, 0.6) is 0 Å². The molecular weight excluding hydrogens is 1040 g/mol. The Balaban J connectivity index is 0.000000235. The van der Waals surface area contributed by atoms with E-state index in [2.05, 4.69) is 51.9 Å². The van der Waals surface area contributed by atoms with Gasteiger partial charge in [0.2, 0.25) is 11.8 Å². The molecule has 23 heteroatoms. The molecule has 15 nitrogen and oxygen atoms in total. The van der Waals surface area contributed by atoms with Crippen LogP contribution >= 0.6 is 28.3 Å². The summed E-state index contributed by atoms with van der Waals surface area (Å²) in [6.07, 6.45) is 0.440. The molecule has 0 aliphatic carbocycles. The molecule has 2 fully saturated rings. The number of rotatable bonds is 15. The minimum absolute atomic E-state index is 0. The second-order valence-electron chi connectivity index (χ2n) is 15.9. The fourth-order valence-corrected chi connectivity index (χ4v) is 7.36. The number of amides is 4. The molecule has 8 rings (SSSR count). The second-order valence-corrected chi connectivity index (χ2v) is 16.7. The lowest BCUT2D eigenvalue weighted by Crippen LogP contribution is -2.43. The summed E-state index contributed by atoms with van der Waals surface area (Å²) in [4.78, 5) is 30.7.